The highest BCUT2D eigenvalue weighted by Gasteiger charge is 2.38. The number of anilines is 1. The minimum absolute atomic E-state index is 0.166. The van der Waals surface area contributed by atoms with Gasteiger partial charge in [0.25, 0.3) is 6.43 Å². The van der Waals surface area contributed by atoms with E-state index in [0.29, 0.717) is 5.13 Å². The van der Waals surface area contributed by atoms with Gasteiger partial charge in [0, 0.05) is 14.1 Å². The quantitative estimate of drug-likeness (QED) is 0.884. The van der Waals surface area contributed by atoms with Crippen molar-refractivity contribution in [3.8, 4) is 5.88 Å². The van der Waals surface area contributed by atoms with Crippen molar-refractivity contribution in [3.05, 3.63) is 4.88 Å². The Bertz CT molecular complexity index is 366. The molecule has 0 spiro atoms. The first-order valence-electron chi connectivity index (χ1n) is 4.60. The van der Waals surface area contributed by atoms with E-state index in [-0.39, 0.29) is 10.8 Å². The third kappa shape index (κ3) is 2.25. The van der Waals surface area contributed by atoms with Gasteiger partial charge in [0.15, 0.2) is 5.13 Å². The van der Waals surface area contributed by atoms with Crippen LogP contribution >= 0.6 is 11.3 Å². The number of nitrogens with zero attached hydrogens (tertiary/aromatic N) is 2. The summed E-state index contributed by atoms with van der Waals surface area (Å²) in [6, 6.07) is 0. The number of halogens is 2. The first kappa shape index (κ1) is 13.1. The van der Waals surface area contributed by atoms with Crippen LogP contribution in [0.5, 0.6) is 5.88 Å². The van der Waals surface area contributed by atoms with Crippen LogP contribution < -0.4 is 15.4 Å². The normalized spacial score (nSPS) is 15.0. The Balaban J connectivity index is 3.22. The van der Waals surface area contributed by atoms with Crippen LogP contribution in [0.3, 0.4) is 0 Å². The molecule has 4 nitrogen and oxygen atoms in total. The summed E-state index contributed by atoms with van der Waals surface area (Å²) in [5, 5.41) is 0.587. The number of hydrogen-bond acceptors (Lipinski definition) is 5. The molecule has 0 radical (unpaired) electrons. The van der Waals surface area contributed by atoms with Gasteiger partial charge in [0.05, 0.1) is 12.0 Å². The summed E-state index contributed by atoms with van der Waals surface area (Å²) in [5.74, 6) is 0.166. The van der Waals surface area contributed by atoms with Gasteiger partial charge in [-0.15, -0.1) is 0 Å². The summed E-state index contributed by atoms with van der Waals surface area (Å²) in [4.78, 5) is 6.06. The summed E-state index contributed by atoms with van der Waals surface area (Å²) in [7, 11) is 4.94. The van der Waals surface area contributed by atoms with Gasteiger partial charge in [-0.3, -0.25) is 0 Å². The van der Waals surface area contributed by atoms with Gasteiger partial charge in [0.1, 0.15) is 5.54 Å². The van der Waals surface area contributed by atoms with Gasteiger partial charge < -0.3 is 15.4 Å². The topological polar surface area (TPSA) is 51.4 Å². The number of methoxy groups -OCH3 is 1. The van der Waals surface area contributed by atoms with Crippen molar-refractivity contribution in [2.45, 2.75) is 18.9 Å². The lowest BCUT2D eigenvalue weighted by molar-refractivity contribution is 0.0629. The maximum absolute atomic E-state index is 12.8. The fourth-order valence-electron chi connectivity index (χ4n) is 1.06. The molecular weight excluding hydrogens is 236 g/mol. The first-order chi connectivity index (χ1) is 7.30. The second kappa shape index (κ2) is 4.50. The minimum Gasteiger partial charge on any atom is -0.480 e. The Kier molecular flexibility index (Phi) is 3.69. The van der Waals surface area contributed by atoms with E-state index >= 15 is 0 Å². The monoisotopic (exact) mass is 251 g/mol. The summed E-state index contributed by atoms with van der Waals surface area (Å²) in [5.41, 5.74) is 3.85. The maximum atomic E-state index is 12.8. The highest BCUT2D eigenvalue weighted by molar-refractivity contribution is 7.16. The van der Waals surface area contributed by atoms with Gasteiger partial charge in [-0.25, -0.2) is 8.78 Å². The zero-order chi connectivity index (χ0) is 12.5. The van der Waals surface area contributed by atoms with Crippen LogP contribution in [0.1, 0.15) is 11.8 Å². The molecule has 1 heterocycles. The molecule has 0 bridgehead atoms. The van der Waals surface area contributed by atoms with Crippen LogP contribution in [0.25, 0.3) is 0 Å². The van der Waals surface area contributed by atoms with Crippen LogP contribution in [0.4, 0.5) is 13.9 Å². The fourth-order valence-corrected chi connectivity index (χ4v) is 2.08. The number of nitrogens with two attached hydrogens (primary N) is 1. The van der Waals surface area contributed by atoms with E-state index in [1.807, 2.05) is 0 Å². The van der Waals surface area contributed by atoms with Crippen molar-refractivity contribution in [1.82, 2.24) is 4.98 Å². The predicted octanol–water partition coefficient (Wildman–Crippen LogP) is 1.66. The van der Waals surface area contributed by atoms with E-state index in [0.717, 1.165) is 11.3 Å². The molecule has 92 valence electrons. The van der Waals surface area contributed by atoms with Crippen molar-refractivity contribution in [1.29, 1.82) is 0 Å². The van der Waals surface area contributed by atoms with E-state index in [1.54, 1.807) is 19.0 Å². The van der Waals surface area contributed by atoms with Crippen molar-refractivity contribution < 1.29 is 13.5 Å². The molecule has 0 aliphatic carbocycles. The van der Waals surface area contributed by atoms with Crippen molar-refractivity contribution in [2.24, 2.45) is 5.73 Å². The summed E-state index contributed by atoms with van der Waals surface area (Å²) < 4.78 is 30.6. The second-order valence-corrected chi connectivity index (χ2v) is 4.79. The lowest BCUT2D eigenvalue weighted by Crippen LogP contribution is -2.40. The Labute approximate surface area is 97.0 Å². The number of aromatic nitrogens is 1. The van der Waals surface area contributed by atoms with Gasteiger partial charge in [-0.1, -0.05) is 11.3 Å². The van der Waals surface area contributed by atoms with Crippen LogP contribution in [0.2, 0.25) is 0 Å². The molecule has 1 unspecified atom stereocenters. The molecule has 0 amide bonds. The SMILES string of the molecule is COc1nc(N(C)C)sc1C(C)(N)C(F)F. The fraction of sp³-hybridized carbons (Fsp3) is 0.667. The molecule has 0 saturated carbocycles. The number of hydrogen-bond donors (Lipinski definition) is 1. The van der Waals surface area contributed by atoms with Gasteiger partial charge in [0.2, 0.25) is 5.88 Å². The molecule has 0 aliphatic heterocycles. The highest BCUT2D eigenvalue weighted by Crippen LogP contribution is 2.39. The van der Waals surface area contributed by atoms with Crippen molar-refractivity contribution in [2.75, 3.05) is 26.1 Å². The summed E-state index contributed by atoms with van der Waals surface area (Å²) >= 11 is 1.11. The minimum atomic E-state index is -2.67. The Morgan fingerprint density at radius 2 is 2.06 bits per heavy atom. The van der Waals surface area contributed by atoms with Crippen LogP contribution in [0, 0.1) is 0 Å². The largest absolute Gasteiger partial charge is 0.480 e. The molecule has 0 aromatic carbocycles. The molecular formula is C9H15F2N3OS. The molecule has 1 atom stereocenters. The molecule has 0 fully saturated rings. The van der Waals surface area contributed by atoms with Gasteiger partial charge in [-0.2, -0.15) is 4.98 Å². The Morgan fingerprint density at radius 3 is 2.44 bits per heavy atom. The van der Waals surface area contributed by atoms with E-state index in [2.05, 4.69) is 4.98 Å². The Morgan fingerprint density at radius 1 is 1.50 bits per heavy atom. The van der Waals surface area contributed by atoms with E-state index < -0.39 is 12.0 Å². The van der Waals surface area contributed by atoms with E-state index in [1.165, 1.54) is 14.0 Å². The second-order valence-electron chi connectivity index (χ2n) is 3.81. The average Bonchev–Trinajstić information content (AvgIpc) is 2.61. The number of rotatable bonds is 4. The molecule has 1 aromatic rings. The molecule has 1 rings (SSSR count). The van der Waals surface area contributed by atoms with Gasteiger partial charge >= 0.3 is 0 Å². The van der Waals surface area contributed by atoms with Gasteiger partial charge in [-0.05, 0) is 6.92 Å². The molecule has 7 heteroatoms. The smallest absolute Gasteiger partial charge is 0.261 e. The van der Waals surface area contributed by atoms with Crippen molar-refractivity contribution in [3.63, 3.8) is 0 Å². The zero-order valence-electron chi connectivity index (χ0n) is 9.62. The van der Waals surface area contributed by atoms with Crippen LogP contribution in [-0.4, -0.2) is 32.6 Å². The van der Waals surface area contributed by atoms with Crippen LogP contribution in [-0.2, 0) is 5.54 Å². The Hall–Kier alpha value is -0.950. The number of alkyl halides is 2. The molecule has 16 heavy (non-hydrogen) atoms. The first-order valence-corrected chi connectivity index (χ1v) is 5.42. The number of ether oxygens (including phenoxy) is 1. The highest BCUT2D eigenvalue weighted by atomic mass is 32.1. The van der Waals surface area contributed by atoms with E-state index in [9.17, 15) is 8.78 Å². The third-order valence-corrected chi connectivity index (χ3v) is 3.56. The summed E-state index contributed by atoms with van der Waals surface area (Å²) in [6.07, 6.45) is -2.67. The predicted molar refractivity (Wildman–Crippen MR) is 60.5 cm³/mol. The molecule has 0 aliphatic rings. The summed E-state index contributed by atoms with van der Waals surface area (Å²) in [6.45, 7) is 1.27. The van der Waals surface area contributed by atoms with E-state index in [4.69, 9.17) is 10.5 Å². The lowest BCUT2D eigenvalue weighted by Gasteiger charge is -2.22. The van der Waals surface area contributed by atoms with Crippen LogP contribution in [0.15, 0.2) is 0 Å². The average molecular weight is 251 g/mol. The maximum Gasteiger partial charge on any atom is 0.261 e. The molecule has 1 aromatic heterocycles. The molecule has 0 saturated heterocycles. The lowest BCUT2D eigenvalue weighted by atomic mass is 10.0. The zero-order valence-corrected chi connectivity index (χ0v) is 10.4. The molecule has 2 N–H and O–H groups in total. The third-order valence-electron chi connectivity index (χ3n) is 2.10. The number of thiazole rings is 1. The van der Waals surface area contributed by atoms with Crippen molar-refractivity contribution >= 4 is 16.5 Å². The standard InChI is InChI=1S/C9H15F2N3OS/c1-9(12,7(10)11)5-6(15-4)13-8(16-5)14(2)3/h7H,12H2,1-4H3.